The zero-order valence-corrected chi connectivity index (χ0v) is 24.0. The highest BCUT2D eigenvalue weighted by atomic mass is 19.4. The van der Waals surface area contributed by atoms with Crippen molar-refractivity contribution in [3.05, 3.63) is 106 Å². The summed E-state index contributed by atoms with van der Waals surface area (Å²) in [5.41, 5.74) is -1.93. The van der Waals surface area contributed by atoms with Crippen LogP contribution in [-0.2, 0) is 35.0 Å². The lowest BCUT2D eigenvalue weighted by atomic mass is 9.78. The lowest BCUT2D eigenvalue weighted by molar-refractivity contribution is -0.143. The molecule has 0 aliphatic carbocycles. The fraction of sp³-hybridized carbons (Fsp3) is 0.375. The number of nitrogens with one attached hydrogen (secondary N) is 1. The Morgan fingerprint density at radius 1 is 0.889 bits per heavy atom. The molecule has 0 radical (unpaired) electrons. The number of rotatable bonds is 8. The minimum Gasteiger partial charge on any atom is -0.392 e. The van der Waals surface area contributed by atoms with E-state index < -0.39 is 59.4 Å². The molecule has 45 heavy (non-hydrogen) atoms. The van der Waals surface area contributed by atoms with Crippen LogP contribution >= 0.6 is 0 Å². The number of benzene rings is 3. The van der Waals surface area contributed by atoms with Crippen LogP contribution in [0.25, 0.3) is 0 Å². The van der Waals surface area contributed by atoms with Crippen LogP contribution in [0.1, 0.15) is 55.7 Å². The second-order valence-corrected chi connectivity index (χ2v) is 11.0. The van der Waals surface area contributed by atoms with Crippen molar-refractivity contribution >= 4 is 11.8 Å². The quantitative estimate of drug-likeness (QED) is 0.335. The Hall–Kier alpha value is -3.94. The number of fused-ring (bicyclic) bond motifs is 1. The molecule has 5 rings (SSSR count). The maximum absolute atomic E-state index is 14.0. The number of ether oxygens (including phenoxy) is 1. The maximum atomic E-state index is 14.0. The Labute approximate surface area is 255 Å². The van der Waals surface area contributed by atoms with Gasteiger partial charge >= 0.3 is 12.4 Å². The number of nitrogens with zero attached hydrogens (tertiary/aromatic N) is 2. The van der Waals surface area contributed by atoms with Gasteiger partial charge in [0.05, 0.1) is 42.9 Å². The Morgan fingerprint density at radius 3 is 2.11 bits per heavy atom. The molecule has 3 aromatic carbocycles. The van der Waals surface area contributed by atoms with Crippen LogP contribution in [0.4, 0.5) is 26.3 Å². The number of carbonyl (C=O) groups is 2. The number of aliphatic hydroxyl groups is 1. The molecule has 0 saturated carbocycles. The molecule has 0 unspecified atom stereocenters. The summed E-state index contributed by atoms with van der Waals surface area (Å²) in [6, 6.07) is 12.8. The Balaban J connectivity index is 1.57. The van der Waals surface area contributed by atoms with Crippen LogP contribution in [-0.4, -0.2) is 66.1 Å². The summed E-state index contributed by atoms with van der Waals surface area (Å²) in [6.07, 6.45) is -10.1. The van der Waals surface area contributed by atoms with Gasteiger partial charge in [0.1, 0.15) is 0 Å². The van der Waals surface area contributed by atoms with E-state index in [1.807, 2.05) is 0 Å². The average molecular weight is 636 g/mol. The molecule has 240 valence electrons. The molecule has 2 heterocycles. The number of morpholine rings is 1. The van der Waals surface area contributed by atoms with Gasteiger partial charge in [0.2, 0.25) is 5.91 Å². The van der Waals surface area contributed by atoms with E-state index in [0.29, 0.717) is 61.7 Å². The van der Waals surface area contributed by atoms with Gasteiger partial charge in [0, 0.05) is 38.3 Å². The van der Waals surface area contributed by atoms with Crippen LogP contribution in [0.3, 0.4) is 0 Å². The summed E-state index contributed by atoms with van der Waals surface area (Å²) in [5, 5.41) is 12.5. The minimum absolute atomic E-state index is 0.0344. The van der Waals surface area contributed by atoms with Crippen LogP contribution in [0.15, 0.2) is 66.7 Å². The van der Waals surface area contributed by atoms with Crippen LogP contribution in [0, 0.1) is 0 Å². The van der Waals surface area contributed by atoms with Gasteiger partial charge in [-0.1, -0.05) is 42.5 Å². The predicted molar refractivity (Wildman–Crippen MR) is 151 cm³/mol. The summed E-state index contributed by atoms with van der Waals surface area (Å²) in [5.74, 6) is -2.15. The lowest BCUT2D eigenvalue weighted by Crippen LogP contribution is -2.48. The molecule has 0 bridgehead atoms. The van der Waals surface area contributed by atoms with Gasteiger partial charge in [-0.15, -0.1) is 0 Å². The van der Waals surface area contributed by atoms with E-state index in [4.69, 9.17) is 4.74 Å². The zero-order chi connectivity index (χ0) is 32.4. The van der Waals surface area contributed by atoms with Gasteiger partial charge in [-0.3, -0.25) is 14.5 Å². The van der Waals surface area contributed by atoms with Crippen molar-refractivity contribution in [2.75, 3.05) is 39.4 Å². The number of halogens is 6. The van der Waals surface area contributed by atoms with Crippen molar-refractivity contribution in [3.8, 4) is 0 Å². The highest BCUT2D eigenvalue weighted by Crippen LogP contribution is 2.44. The first-order chi connectivity index (χ1) is 21.4. The molecule has 7 nitrogen and oxygen atoms in total. The van der Waals surface area contributed by atoms with E-state index in [1.165, 1.54) is 6.07 Å². The molecule has 2 aliphatic rings. The molecular weight excluding hydrogens is 604 g/mol. The lowest BCUT2D eigenvalue weighted by Gasteiger charge is -2.42. The third kappa shape index (κ3) is 7.32. The number of hydrogen-bond acceptors (Lipinski definition) is 5. The zero-order valence-electron chi connectivity index (χ0n) is 24.0. The van der Waals surface area contributed by atoms with E-state index in [2.05, 4.69) is 10.2 Å². The van der Waals surface area contributed by atoms with Gasteiger partial charge in [-0.05, 0) is 46.5 Å². The fourth-order valence-corrected chi connectivity index (χ4v) is 5.82. The summed E-state index contributed by atoms with van der Waals surface area (Å²) < 4.78 is 87.5. The first-order valence-electron chi connectivity index (χ1n) is 14.3. The van der Waals surface area contributed by atoms with E-state index in [9.17, 15) is 41.0 Å². The highest BCUT2D eigenvalue weighted by Gasteiger charge is 2.45. The first-order valence-corrected chi connectivity index (χ1v) is 14.3. The minimum atomic E-state index is -5.07. The topological polar surface area (TPSA) is 82.1 Å². The summed E-state index contributed by atoms with van der Waals surface area (Å²) in [6.45, 7) is 2.41. The van der Waals surface area contributed by atoms with Crippen LogP contribution in [0.2, 0.25) is 0 Å². The standard InChI is InChI=1S/C32H31F6N3O4/c33-31(34,35)23-15-21(16-24(17-23)32(36,37)38)18-41-28(22-7-5-20(19-42)6-8-22)27(25-3-1-2-4-26(25)30(41)44)29(43)39-9-10-40-11-13-45-14-12-40/h1-8,15-17,27-28,42H,9-14,18-19H2,(H,39,43)/t27-,28+/m1/s1. The molecule has 1 saturated heterocycles. The number of aliphatic hydroxyl groups excluding tert-OH is 1. The van der Waals surface area contributed by atoms with Crippen LogP contribution in [0.5, 0.6) is 0 Å². The molecule has 0 spiro atoms. The smallest absolute Gasteiger partial charge is 0.392 e. The third-order valence-electron chi connectivity index (χ3n) is 8.06. The highest BCUT2D eigenvalue weighted by molar-refractivity contribution is 6.01. The van der Waals surface area contributed by atoms with Crippen LogP contribution < -0.4 is 5.32 Å². The number of alkyl halides is 6. The van der Waals surface area contributed by atoms with Gasteiger partial charge < -0.3 is 20.1 Å². The molecule has 0 aromatic heterocycles. The fourth-order valence-electron chi connectivity index (χ4n) is 5.82. The monoisotopic (exact) mass is 635 g/mol. The molecule has 2 N–H and O–H groups in total. The predicted octanol–water partition coefficient (Wildman–Crippen LogP) is 5.15. The molecule has 1 fully saturated rings. The molecule has 2 atom stereocenters. The Morgan fingerprint density at radius 2 is 1.51 bits per heavy atom. The Kier molecular flexibility index (Phi) is 9.52. The summed E-state index contributed by atoms with van der Waals surface area (Å²) in [4.78, 5) is 31.2. The molecular formula is C32H31F6N3O4. The molecule has 13 heteroatoms. The first kappa shape index (κ1) is 32.5. The molecule has 2 aliphatic heterocycles. The average Bonchev–Trinajstić information content (AvgIpc) is 3.02. The van der Waals surface area contributed by atoms with Gasteiger partial charge in [0.25, 0.3) is 5.91 Å². The van der Waals surface area contributed by atoms with Gasteiger partial charge in [-0.2, -0.15) is 26.3 Å². The van der Waals surface area contributed by atoms with Gasteiger partial charge in [-0.25, -0.2) is 0 Å². The summed E-state index contributed by atoms with van der Waals surface area (Å²) >= 11 is 0. The van der Waals surface area contributed by atoms with E-state index in [1.54, 1.807) is 42.5 Å². The second-order valence-electron chi connectivity index (χ2n) is 11.0. The SMILES string of the molecule is O=C(NCCN1CCOCC1)[C@@H]1c2ccccc2C(=O)N(Cc2cc(C(F)(F)F)cc(C(F)(F)F)c2)[C@H]1c1ccc(CO)cc1. The third-order valence-corrected chi connectivity index (χ3v) is 8.06. The molecule has 2 amide bonds. The maximum Gasteiger partial charge on any atom is 0.416 e. The van der Waals surface area contributed by atoms with E-state index >= 15 is 0 Å². The van der Waals surface area contributed by atoms with Crippen molar-refractivity contribution in [2.24, 2.45) is 0 Å². The van der Waals surface area contributed by atoms with Crippen molar-refractivity contribution in [1.29, 1.82) is 0 Å². The number of carbonyl (C=O) groups excluding carboxylic acids is 2. The van der Waals surface area contributed by atoms with Crippen molar-refractivity contribution in [2.45, 2.75) is 37.5 Å². The van der Waals surface area contributed by atoms with E-state index in [-0.39, 0.29) is 24.8 Å². The molecule has 3 aromatic rings. The number of hydrogen-bond donors (Lipinski definition) is 2. The second kappa shape index (κ2) is 13.2. The number of amides is 2. The van der Waals surface area contributed by atoms with Crippen molar-refractivity contribution in [3.63, 3.8) is 0 Å². The Bertz CT molecular complexity index is 1490. The normalized spacial score (nSPS) is 19.4. The van der Waals surface area contributed by atoms with Crippen molar-refractivity contribution in [1.82, 2.24) is 15.1 Å². The summed E-state index contributed by atoms with van der Waals surface area (Å²) in [7, 11) is 0. The van der Waals surface area contributed by atoms with Gasteiger partial charge in [0.15, 0.2) is 0 Å². The largest absolute Gasteiger partial charge is 0.416 e. The van der Waals surface area contributed by atoms with E-state index in [0.717, 1.165) is 4.90 Å². The van der Waals surface area contributed by atoms with Crippen molar-refractivity contribution < 1.29 is 45.8 Å².